The number of benzene rings is 3. The molecule has 1 aliphatic heterocycles. The molecule has 3 aromatic carbocycles. The van der Waals surface area contributed by atoms with E-state index >= 15 is 0 Å². The number of Topliss-reactive ketones (excluding diaryl/α,β-unsaturated/α-hetero) is 1. The van der Waals surface area contributed by atoms with Crippen LogP contribution in [0.15, 0.2) is 67.2 Å². The van der Waals surface area contributed by atoms with Crippen molar-refractivity contribution in [1.82, 2.24) is 4.90 Å². The molecule has 0 atom stereocenters. The fraction of sp³-hybridized carbons (Fsp3) is 0.276. The summed E-state index contributed by atoms with van der Waals surface area (Å²) in [6.07, 6.45) is 2.23. The van der Waals surface area contributed by atoms with Gasteiger partial charge >= 0.3 is 0 Å². The molecular weight excluding hydrogens is 410 g/mol. The van der Waals surface area contributed by atoms with Crippen LogP contribution in [0.3, 0.4) is 0 Å². The van der Waals surface area contributed by atoms with Gasteiger partial charge in [0.2, 0.25) is 6.79 Å². The summed E-state index contributed by atoms with van der Waals surface area (Å²) in [5, 5.41) is 0. The number of rotatable bonds is 7. The molecule has 33 heavy (non-hydrogen) atoms. The normalized spacial score (nSPS) is 15.2. The lowest BCUT2D eigenvalue weighted by atomic mass is 9.87. The zero-order valence-corrected chi connectivity index (χ0v) is 19.5. The number of ketones is 1. The Hall–Kier alpha value is -3.53. The van der Waals surface area contributed by atoms with Crippen LogP contribution in [-0.2, 0) is 16.6 Å². The van der Waals surface area contributed by atoms with Gasteiger partial charge in [-0.15, -0.1) is 0 Å². The molecule has 0 bridgehead atoms. The van der Waals surface area contributed by atoms with Crippen molar-refractivity contribution in [2.45, 2.75) is 31.6 Å². The zero-order valence-electron chi connectivity index (χ0n) is 19.5. The Morgan fingerprint density at radius 1 is 0.970 bits per heavy atom. The van der Waals surface area contributed by atoms with Crippen LogP contribution in [0.4, 0.5) is 0 Å². The van der Waals surface area contributed by atoms with Crippen LogP contribution >= 0.6 is 0 Å². The highest BCUT2D eigenvalue weighted by Gasteiger charge is 2.50. The van der Waals surface area contributed by atoms with Crippen molar-refractivity contribution in [2.75, 3.05) is 20.9 Å². The first-order valence-corrected chi connectivity index (χ1v) is 11.4. The summed E-state index contributed by atoms with van der Waals surface area (Å²) in [4.78, 5) is 15.4. The second-order valence-electron chi connectivity index (χ2n) is 9.32. The number of nitrogens with zero attached hydrogens (tertiary/aromatic N) is 1. The lowest BCUT2D eigenvalue weighted by Crippen LogP contribution is -2.22. The molecule has 1 heterocycles. The van der Waals surface area contributed by atoms with Gasteiger partial charge in [0, 0.05) is 26.2 Å². The Kier molecular flexibility index (Phi) is 5.24. The second-order valence-corrected chi connectivity index (χ2v) is 9.32. The molecule has 1 fully saturated rings. The van der Waals surface area contributed by atoms with Gasteiger partial charge in [0.1, 0.15) is 5.78 Å². The minimum atomic E-state index is -0.377. The van der Waals surface area contributed by atoms with E-state index in [1.54, 1.807) is 0 Å². The summed E-state index contributed by atoms with van der Waals surface area (Å²) in [7, 11) is 4.00. The van der Waals surface area contributed by atoms with E-state index in [0.29, 0.717) is 6.42 Å². The van der Waals surface area contributed by atoms with Crippen LogP contribution in [-0.4, -0.2) is 31.6 Å². The average molecular weight is 440 g/mol. The van der Waals surface area contributed by atoms with Gasteiger partial charge in [-0.05, 0) is 65.3 Å². The lowest BCUT2D eigenvalue weighted by Gasteiger charge is -2.17. The topological polar surface area (TPSA) is 38.8 Å². The van der Waals surface area contributed by atoms with E-state index in [1.165, 1.54) is 16.7 Å². The molecule has 0 unspecified atom stereocenters. The van der Waals surface area contributed by atoms with Gasteiger partial charge in [-0.2, -0.15) is 0 Å². The van der Waals surface area contributed by atoms with Gasteiger partial charge in [0.05, 0.1) is 5.41 Å². The summed E-state index contributed by atoms with van der Waals surface area (Å²) in [6, 6.07) is 20.8. The fourth-order valence-corrected chi connectivity index (χ4v) is 4.66. The number of aryl methyl sites for hydroxylation is 1. The summed E-state index contributed by atoms with van der Waals surface area (Å²) < 4.78 is 10.9. The van der Waals surface area contributed by atoms with E-state index in [2.05, 4.69) is 56.0 Å². The Labute approximate surface area is 195 Å². The molecule has 0 spiro atoms. The third kappa shape index (κ3) is 3.91. The number of hydrogen-bond acceptors (Lipinski definition) is 4. The standard InChI is InChI=1S/C29H29NO3/c1-19-15-21(5-11-25(19)23-8-6-22(7-9-23)20(2)30(3)4)16-28(31)29(13-14-29)24-10-12-26-27(17-24)33-18-32-26/h5-12,15,17H,2,13-14,16,18H2,1,3-4H3. The Balaban J connectivity index is 1.33. The third-order valence-electron chi connectivity index (χ3n) is 6.93. The van der Waals surface area contributed by atoms with Gasteiger partial charge in [-0.1, -0.05) is 55.1 Å². The molecule has 4 heteroatoms. The molecule has 1 aliphatic carbocycles. The number of carbonyl (C=O) groups excluding carboxylic acids is 1. The van der Waals surface area contributed by atoms with Crippen LogP contribution in [0, 0.1) is 6.92 Å². The first-order valence-electron chi connectivity index (χ1n) is 11.4. The van der Waals surface area contributed by atoms with Crippen LogP contribution in [0.25, 0.3) is 16.8 Å². The van der Waals surface area contributed by atoms with Gasteiger partial charge < -0.3 is 14.4 Å². The molecule has 0 radical (unpaired) electrons. The number of hydrogen-bond donors (Lipinski definition) is 0. The number of fused-ring (bicyclic) bond motifs is 1. The smallest absolute Gasteiger partial charge is 0.231 e. The van der Waals surface area contributed by atoms with Crippen molar-refractivity contribution in [3.05, 3.63) is 89.5 Å². The van der Waals surface area contributed by atoms with E-state index in [-0.39, 0.29) is 18.0 Å². The number of carbonyl (C=O) groups is 1. The Bertz CT molecular complexity index is 1240. The Morgan fingerprint density at radius 2 is 1.70 bits per heavy atom. The predicted molar refractivity (Wildman–Crippen MR) is 132 cm³/mol. The SMILES string of the molecule is C=C(c1ccc(-c2ccc(CC(=O)C3(c4ccc5c(c4)OCO5)CC3)cc2C)cc1)N(C)C. The maximum absolute atomic E-state index is 13.3. The molecule has 5 rings (SSSR count). The quantitative estimate of drug-likeness (QED) is 0.469. The number of ether oxygens (including phenoxy) is 2. The monoisotopic (exact) mass is 439 g/mol. The van der Waals surface area contributed by atoms with Gasteiger partial charge in [0.25, 0.3) is 0 Å². The second kappa shape index (κ2) is 8.11. The van der Waals surface area contributed by atoms with E-state index in [4.69, 9.17) is 9.47 Å². The summed E-state index contributed by atoms with van der Waals surface area (Å²) in [5.74, 6) is 1.78. The average Bonchev–Trinajstić information content (AvgIpc) is 3.49. The fourth-order valence-electron chi connectivity index (χ4n) is 4.66. The molecule has 3 aromatic rings. The Morgan fingerprint density at radius 3 is 2.36 bits per heavy atom. The minimum absolute atomic E-state index is 0.249. The molecule has 0 N–H and O–H groups in total. The molecule has 0 amide bonds. The summed E-state index contributed by atoms with van der Waals surface area (Å²) in [6.45, 7) is 6.49. The first-order chi connectivity index (χ1) is 15.9. The van der Waals surface area contributed by atoms with Crippen LogP contribution < -0.4 is 9.47 Å². The molecule has 4 nitrogen and oxygen atoms in total. The maximum Gasteiger partial charge on any atom is 0.231 e. The highest BCUT2D eigenvalue weighted by atomic mass is 16.7. The summed E-state index contributed by atoms with van der Waals surface area (Å²) >= 11 is 0. The first kappa shape index (κ1) is 21.3. The van der Waals surface area contributed by atoms with Crippen molar-refractivity contribution in [3.8, 4) is 22.6 Å². The van der Waals surface area contributed by atoms with Crippen LogP contribution in [0.5, 0.6) is 11.5 Å². The summed E-state index contributed by atoms with van der Waals surface area (Å²) in [5.41, 5.74) is 7.36. The zero-order chi connectivity index (χ0) is 23.2. The van der Waals surface area contributed by atoms with Gasteiger partial charge in [0.15, 0.2) is 11.5 Å². The molecule has 0 saturated heterocycles. The van der Waals surface area contributed by atoms with Crippen molar-refractivity contribution < 1.29 is 14.3 Å². The van der Waals surface area contributed by atoms with Crippen molar-refractivity contribution >= 4 is 11.5 Å². The van der Waals surface area contributed by atoms with E-state index < -0.39 is 0 Å². The molecular formula is C29H29NO3. The highest BCUT2D eigenvalue weighted by molar-refractivity contribution is 5.95. The van der Waals surface area contributed by atoms with E-state index in [0.717, 1.165) is 46.7 Å². The third-order valence-corrected chi connectivity index (χ3v) is 6.93. The largest absolute Gasteiger partial charge is 0.454 e. The minimum Gasteiger partial charge on any atom is -0.454 e. The van der Waals surface area contributed by atoms with E-state index in [9.17, 15) is 4.79 Å². The molecule has 168 valence electrons. The van der Waals surface area contributed by atoms with Crippen LogP contribution in [0.2, 0.25) is 0 Å². The van der Waals surface area contributed by atoms with Gasteiger partial charge in [-0.3, -0.25) is 4.79 Å². The molecule has 0 aromatic heterocycles. The maximum atomic E-state index is 13.3. The van der Waals surface area contributed by atoms with Crippen LogP contribution in [0.1, 0.15) is 35.1 Å². The molecule has 1 saturated carbocycles. The van der Waals surface area contributed by atoms with E-state index in [1.807, 2.05) is 37.2 Å². The highest BCUT2D eigenvalue weighted by Crippen LogP contribution is 2.51. The van der Waals surface area contributed by atoms with Crippen molar-refractivity contribution in [1.29, 1.82) is 0 Å². The predicted octanol–water partition coefficient (Wildman–Crippen LogP) is 5.77. The van der Waals surface area contributed by atoms with Crippen molar-refractivity contribution in [2.24, 2.45) is 0 Å². The molecule has 2 aliphatic rings. The van der Waals surface area contributed by atoms with Crippen molar-refractivity contribution in [3.63, 3.8) is 0 Å². The lowest BCUT2D eigenvalue weighted by molar-refractivity contribution is -0.120. The van der Waals surface area contributed by atoms with Gasteiger partial charge in [-0.25, -0.2) is 0 Å².